The van der Waals surface area contributed by atoms with Crippen LogP contribution in [0.25, 0.3) is 11.0 Å². The van der Waals surface area contributed by atoms with Crippen molar-refractivity contribution in [2.75, 3.05) is 6.54 Å². The van der Waals surface area contributed by atoms with E-state index in [2.05, 4.69) is 31.3 Å². The third-order valence-corrected chi connectivity index (χ3v) is 3.96. The van der Waals surface area contributed by atoms with E-state index in [4.69, 9.17) is 4.74 Å². The fraction of sp³-hybridized carbons (Fsp3) is 0.150. The van der Waals surface area contributed by atoms with Crippen molar-refractivity contribution in [2.45, 2.75) is 13.0 Å². The van der Waals surface area contributed by atoms with E-state index >= 15 is 0 Å². The molecule has 0 bridgehead atoms. The van der Waals surface area contributed by atoms with Crippen LogP contribution in [-0.2, 0) is 13.0 Å². The highest BCUT2D eigenvalue weighted by Gasteiger charge is 2.03. The maximum absolute atomic E-state index is 5.66. The van der Waals surface area contributed by atoms with Gasteiger partial charge >= 0.3 is 6.01 Å². The summed E-state index contributed by atoms with van der Waals surface area (Å²) in [6.07, 6.45) is 4.17. The maximum Gasteiger partial charge on any atom is 0.321 e. The van der Waals surface area contributed by atoms with Gasteiger partial charge in [-0.2, -0.15) is 0 Å². The van der Waals surface area contributed by atoms with Crippen LogP contribution in [0, 0.1) is 0 Å². The van der Waals surface area contributed by atoms with Gasteiger partial charge in [-0.05, 0) is 35.9 Å². The fourth-order valence-corrected chi connectivity index (χ4v) is 2.73. The van der Waals surface area contributed by atoms with Crippen LogP contribution in [0.3, 0.4) is 0 Å². The van der Waals surface area contributed by atoms with E-state index in [0.29, 0.717) is 6.01 Å². The van der Waals surface area contributed by atoms with Crippen LogP contribution in [0.15, 0.2) is 67.0 Å². The van der Waals surface area contributed by atoms with Gasteiger partial charge in [-0.15, -0.1) is 0 Å². The number of aromatic amines is 1. The lowest BCUT2D eigenvalue weighted by Gasteiger charge is -2.07. The summed E-state index contributed by atoms with van der Waals surface area (Å²) in [7, 11) is 0. The van der Waals surface area contributed by atoms with E-state index in [9.17, 15) is 0 Å². The van der Waals surface area contributed by atoms with E-state index in [1.807, 2.05) is 42.5 Å². The Kier molecular flexibility index (Phi) is 4.84. The Labute approximate surface area is 151 Å². The summed E-state index contributed by atoms with van der Waals surface area (Å²) in [6, 6.07) is 18.1. The van der Waals surface area contributed by atoms with Crippen LogP contribution >= 0.6 is 0 Å². The van der Waals surface area contributed by atoms with Gasteiger partial charge < -0.3 is 15.0 Å². The molecule has 0 atom stereocenters. The second-order valence-corrected chi connectivity index (χ2v) is 5.91. The monoisotopic (exact) mass is 345 g/mol. The van der Waals surface area contributed by atoms with Crippen molar-refractivity contribution in [1.29, 1.82) is 0 Å². The van der Waals surface area contributed by atoms with E-state index in [-0.39, 0.29) is 0 Å². The molecule has 130 valence electrons. The first kappa shape index (κ1) is 16.2. The molecular weight excluding hydrogens is 326 g/mol. The van der Waals surface area contributed by atoms with Gasteiger partial charge in [0.05, 0.1) is 11.0 Å². The molecule has 0 aliphatic carbocycles. The van der Waals surface area contributed by atoms with Crippen LogP contribution < -0.4 is 10.1 Å². The van der Waals surface area contributed by atoms with Gasteiger partial charge in [0.25, 0.3) is 0 Å². The Morgan fingerprint density at radius 3 is 2.73 bits per heavy atom. The summed E-state index contributed by atoms with van der Waals surface area (Å²) in [5, 5.41) is 3.44. The zero-order chi connectivity index (χ0) is 17.6. The lowest BCUT2D eigenvalue weighted by atomic mass is 10.2. The molecule has 6 nitrogen and oxygen atoms in total. The van der Waals surface area contributed by atoms with Crippen LogP contribution in [0.5, 0.6) is 11.8 Å². The number of fused-ring (bicyclic) bond motifs is 1. The second kappa shape index (κ2) is 7.76. The topological polar surface area (TPSA) is 75.7 Å². The lowest BCUT2D eigenvalue weighted by Crippen LogP contribution is -2.17. The molecule has 0 amide bonds. The third-order valence-electron chi connectivity index (χ3n) is 3.96. The van der Waals surface area contributed by atoms with Crippen LogP contribution in [0.1, 0.15) is 11.4 Å². The van der Waals surface area contributed by atoms with E-state index in [1.54, 1.807) is 18.5 Å². The summed E-state index contributed by atoms with van der Waals surface area (Å²) in [6.45, 7) is 1.60. The summed E-state index contributed by atoms with van der Waals surface area (Å²) in [5.74, 6) is 1.73. The first-order chi connectivity index (χ1) is 12.9. The highest BCUT2D eigenvalue weighted by molar-refractivity contribution is 5.74. The molecule has 0 unspecified atom stereocenters. The zero-order valence-electron chi connectivity index (χ0n) is 14.2. The van der Waals surface area contributed by atoms with Crippen molar-refractivity contribution >= 4 is 11.0 Å². The third kappa shape index (κ3) is 4.04. The summed E-state index contributed by atoms with van der Waals surface area (Å²) >= 11 is 0. The van der Waals surface area contributed by atoms with Crippen LogP contribution in [-0.4, -0.2) is 26.5 Å². The van der Waals surface area contributed by atoms with Crippen molar-refractivity contribution in [1.82, 2.24) is 25.3 Å². The zero-order valence-corrected chi connectivity index (χ0v) is 14.2. The van der Waals surface area contributed by atoms with E-state index in [1.165, 1.54) is 0 Å². The van der Waals surface area contributed by atoms with Gasteiger partial charge in [-0.3, -0.25) is 0 Å². The number of nitrogens with zero attached hydrogens (tertiary/aromatic N) is 3. The minimum absolute atomic E-state index is 0.350. The molecule has 2 aromatic heterocycles. The molecule has 4 aromatic rings. The van der Waals surface area contributed by atoms with Crippen molar-refractivity contribution in [3.8, 4) is 11.8 Å². The predicted octanol–water partition coefficient (Wildman–Crippen LogP) is 3.48. The molecule has 0 aliphatic heterocycles. The predicted molar refractivity (Wildman–Crippen MR) is 100 cm³/mol. The molecule has 0 aliphatic rings. The van der Waals surface area contributed by atoms with Crippen LogP contribution in [0.4, 0.5) is 0 Å². The van der Waals surface area contributed by atoms with Crippen molar-refractivity contribution in [3.63, 3.8) is 0 Å². The quantitative estimate of drug-likeness (QED) is 0.502. The molecule has 6 heteroatoms. The molecule has 2 N–H and O–H groups in total. The average Bonchev–Trinajstić information content (AvgIpc) is 3.09. The largest absolute Gasteiger partial charge is 0.424 e. The summed E-state index contributed by atoms with van der Waals surface area (Å²) in [4.78, 5) is 16.1. The van der Waals surface area contributed by atoms with Gasteiger partial charge in [0.15, 0.2) is 0 Å². The minimum Gasteiger partial charge on any atom is -0.424 e. The van der Waals surface area contributed by atoms with Crippen molar-refractivity contribution in [2.24, 2.45) is 0 Å². The number of benzene rings is 2. The molecule has 0 spiro atoms. The second-order valence-electron chi connectivity index (χ2n) is 5.91. The molecule has 0 radical (unpaired) electrons. The molecular formula is C20H19N5O. The Morgan fingerprint density at radius 1 is 0.962 bits per heavy atom. The Bertz CT molecular complexity index is 951. The Hall–Kier alpha value is -3.25. The smallest absolute Gasteiger partial charge is 0.321 e. The molecule has 0 saturated carbocycles. The maximum atomic E-state index is 5.66. The molecule has 2 aromatic carbocycles. The number of nitrogens with one attached hydrogen (secondary N) is 2. The number of ether oxygens (including phenoxy) is 1. The summed E-state index contributed by atoms with van der Waals surface area (Å²) in [5.41, 5.74) is 3.23. The number of para-hydroxylation sites is 2. The highest BCUT2D eigenvalue weighted by Crippen LogP contribution is 2.18. The lowest BCUT2D eigenvalue weighted by molar-refractivity contribution is 0.441. The molecule has 2 heterocycles. The van der Waals surface area contributed by atoms with Crippen molar-refractivity contribution < 1.29 is 4.74 Å². The number of H-pyrrole nitrogens is 1. The standard InChI is InChI=1S/C20H19N5O/c1-2-8-18-17(7-1)24-19(25-18)9-12-21-14-15-5-3-6-16(13-15)26-20-22-10-4-11-23-20/h1-8,10-11,13,21H,9,12,14H2,(H,24,25). The van der Waals surface area contributed by atoms with Gasteiger partial charge in [0.2, 0.25) is 0 Å². The normalized spacial score (nSPS) is 10.9. The molecule has 4 rings (SSSR count). The van der Waals surface area contributed by atoms with E-state index in [0.717, 1.165) is 47.7 Å². The number of hydrogen-bond donors (Lipinski definition) is 2. The van der Waals surface area contributed by atoms with Gasteiger partial charge in [-0.1, -0.05) is 24.3 Å². The minimum atomic E-state index is 0.350. The SMILES string of the molecule is c1cnc(Oc2cccc(CNCCc3nc4ccccc4[nH]3)c2)nc1. The van der Waals surface area contributed by atoms with Crippen molar-refractivity contribution in [3.05, 3.63) is 78.4 Å². The van der Waals surface area contributed by atoms with Gasteiger partial charge in [0, 0.05) is 31.9 Å². The first-order valence-corrected chi connectivity index (χ1v) is 8.55. The number of hydrogen-bond acceptors (Lipinski definition) is 5. The van der Waals surface area contributed by atoms with E-state index < -0.39 is 0 Å². The summed E-state index contributed by atoms with van der Waals surface area (Å²) < 4.78 is 5.66. The van der Waals surface area contributed by atoms with Crippen LogP contribution in [0.2, 0.25) is 0 Å². The average molecular weight is 345 g/mol. The highest BCUT2D eigenvalue weighted by atomic mass is 16.5. The fourth-order valence-electron chi connectivity index (χ4n) is 2.73. The molecule has 26 heavy (non-hydrogen) atoms. The van der Waals surface area contributed by atoms with Gasteiger partial charge in [-0.25, -0.2) is 15.0 Å². The Balaban J connectivity index is 1.30. The Morgan fingerprint density at radius 2 is 1.85 bits per heavy atom. The first-order valence-electron chi connectivity index (χ1n) is 8.55. The number of imidazole rings is 1. The molecule has 0 fully saturated rings. The number of rotatable bonds is 7. The number of aromatic nitrogens is 4. The van der Waals surface area contributed by atoms with Gasteiger partial charge in [0.1, 0.15) is 11.6 Å². The molecule has 0 saturated heterocycles.